The summed E-state index contributed by atoms with van der Waals surface area (Å²) in [7, 11) is 0. The summed E-state index contributed by atoms with van der Waals surface area (Å²) in [6.07, 6.45) is 12.6. The quantitative estimate of drug-likeness (QED) is 0.0784. The predicted molar refractivity (Wildman–Crippen MR) is 160 cm³/mol. The number of thiophene rings is 1. The molecule has 0 saturated carbocycles. The SMILES string of the molecule is CCCCCCCCCCc1cc2cc3cc4cc5[se]c(-c6cccs6)cc5cc4cc3cc2[te]1. The minimum atomic E-state index is -0.179. The van der Waals surface area contributed by atoms with E-state index in [4.69, 9.17) is 0 Å². The molecule has 0 saturated heterocycles. The van der Waals surface area contributed by atoms with Crippen LogP contribution in [0.25, 0.3) is 49.3 Å². The van der Waals surface area contributed by atoms with Crippen molar-refractivity contribution in [3.8, 4) is 9.31 Å². The van der Waals surface area contributed by atoms with E-state index in [9.17, 15) is 0 Å². The maximum absolute atomic E-state index is 2.55. The average molecular weight is 655 g/mol. The third kappa shape index (κ3) is 5.37. The fourth-order valence-corrected chi connectivity index (χ4v) is 11.8. The summed E-state index contributed by atoms with van der Waals surface area (Å²) < 4.78 is 6.49. The molecule has 3 aromatic carbocycles. The van der Waals surface area contributed by atoms with E-state index in [1.54, 1.807) is 6.98 Å². The van der Waals surface area contributed by atoms with Gasteiger partial charge in [0.25, 0.3) is 0 Å². The first kappa shape index (κ1) is 24.0. The Hall–Kier alpha value is -1.33. The first-order valence-electron chi connectivity index (χ1n) is 13.1. The average Bonchev–Trinajstić information content (AvgIpc) is 3.60. The maximum atomic E-state index is 2.55. The summed E-state index contributed by atoms with van der Waals surface area (Å²) in [5.41, 5.74) is 0. The fraction of sp³-hybridized carbons (Fsp3) is 0.312. The Balaban J connectivity index is 1.21. The normalized spacial score (nSPS) is 12.0. The molecule has 0 bridgehead atoms. The van der Waals surface area contributed by atoms with Gasteiger partial charge in [-0.25, -0.2) is 0 Å². The Bertz CT molecular complexity index is 1490. The molecule has 0 aliphatic heterocycles. The fourth-order valence-electron chi connectivity index (χ4n) is 5.23. The standard InChI is InChI=1S/C32H32SSeTe/c1-2-3-4-5-6-7-8-9-11-28-18-27-17-23-14-24-19-30-26(20-31(34-30)29-12-10-13-33-29)16-22(24)15-25(23)21-32(27)35-28/h10,12-21H,2-9,11H2,1H3. The van der Waals surface area contributed by atoms with E-state index in [0.717, 1.165) is 0 Å². The van der Waals surface area contributed by atoms with Crippen LogP contribution in [0.4, 0.5) is 0 Å². The monoisotopic (exact) mass is 658 g/mol. The minimum absolute atomic E-state index is 0.179. The molecule has 0 fully saturated rings. The van der Waals surface area contributed by atoms with Gasteiger partial charge in [-0.1, -0.05) is 0 Å². The number of hydrogen-bond donors (Lipinski definition) is 0. The molecule has 3 heteroatoms. The van der Waals surface area contributed by atoms with Crippen molar-refractivity contribution >= 4 is 86.3 Å². The molecule has 0 atom stereocenters. The molecule has 3 aromatic heterocycles. The first-order valence-corrected chi connectivity index (χ1v) is 18.1. The third-order valence-electron chi connectivity index (χ3n) is 7.16. The third-order valence-corrected chi connectivity index (χ3v) is 14.0. The molecular formula is C32H32SSeTe. The molecule has 0 radical (unpaired) electrons. The van der Waals surface area contributed by atoms with Crippen LogP contribution in [0.1, 0.15) is 61.9 Å². The molecule has 0 spiro atoms. The number of aryl methyl sites for hydroxylation is 1. The summed E-state index contributed by atoms with van der Waals surface area (Å²) in [6, 6.07) is 24.2. The molecule has 0 N–H and O–H groups in total. The number of benzene rings is 3. The van der Waals surface area contributed by atoms with Gasteiger partial charge in [0.05, 0.1) is 0 Å². The van der Waals surface area contributed by atoms with Crippen molar-refractivity contribution in [1.29, 1.82) is 0 Å². The number of hydrogen-bond acceptors (Lipinski definition) is 1. The second-order valence-corrected chi connectivity index (χ2v) is 16.4. The zero-order chi connectivity index (χ0) is 23.6. The summed E-state index contributed by atoms with van der Waals surface area (Å²) in [4.78, 5) is 1.44. The van der Waals surface area contributed by atoms with Gasteiger partial charge in [-0.05, 0) is 0 Å². The van der Waals surface area contributed by atoms with Gasteiger partial charge < -0.3 is 0 Å². The van der Waals surface area contributed by atoms with E-state index in [-0.39, 0.29) is 20.4 Å². The first-order chi connectivity index (χ1) is 17.3. The predicted octanol–water partition coefficient (Wildman–Crippen LogP) is 9.83. The van der Waals surface area contributed by atoms with Crippen LogP contribution in [-0.4, -0.2) is 34.9 Å². The van der Waals surface area contributed by atoms with Gasteiger partial charge >= 0.3 is 230 Å². The summed E-state index contributed by atoms with van der Waals surface area (Å²) in [6.45, 7) is 2.30. The van der Waals surface area contributed by atoms with Crippen molar-refractivity contribution in [2.45, 2.75) is 64.7 Å². The van der Waals surface area contributed by atoms with Crippen LogP contribution >= 0.6 is 11.3 Å². The second-order valence-electron chi connectivity index (χ2n) is 9.85. The summed E-state index contributed by atoms with van der Waals surface area (Å²) >= 11 is 2.10. The second kappa shape index (κ2) is 11.0. The number of fused-ring (bicyclic) bond motifs is 4. The topological polar surface area (TPSA) is 0 Å². The Morgan fingerprint density at radius 2 is 1.37 bits per heavy atom. The van der Waals surface area contributed by atoms with Crippen molar-refractivity contribution in [2.75, 3.05) is 0 Å². The van der Waals surface area contributed by atoms with E-state index in [1.807, 2.05) is 11.3 Å². The van der Waals surface area contributed by atoms with Crippen LogP contribution in [0.15, 0.2) is 66.0 Å². The van der Waals surface area contributed by atoms with Crippen molar-refractivity contribution in [1.82, 2.24) is 0 Å². The Morgan fingerprint density at radius 3 is 2.14 bits per heavy atom. The Morgan fingerprint density at radius 1 is 0.686 bits per heavy atom. The van der Waals surface area contributed by atoms with Gasteiger partial charge in [-0.2, -0.15) is 0 Å². The van der Waals surface area contributed by atoms with Gasteiger partial charge in [-0.15, -0.1) is 0 Å². The molecule has 0 aliphatic carbocycles. The van der Waals surface area contributed by atoms with Gasteiger partial charge in [-0.3, -0.25) is 0 Å². The van der Waals surface area contributed by atoms with Crippen LogP contribution < -0.4 is 0 Å². The van der Waals surface area contributed by atoms with Crippen molar-refractivity contribution in [2.24, 2.45) is 0 Å². The van der Waals surface area contributed by atoms with Crippen molar-refractivity contribution < 1.29 is 0 Å². The van der Waals surface area contributed by atoms with Gasteiger partial charge in [0.15, 0.2) is 0 Å². The zero-order valence-electron chi connectivity index (χ0n) is 20.4. The molecule has 0 aliphatic rings. The van der Waals surface area contributed by atoms with E-state index in [1.165, 1.54) is 104 Å². The van der Waals surface area contributed by atoms with E-state index < -0.39 is 0 Å². The molecule has 0 amide bonds. The van der Waals surface area contributed by atoms with Gasteiger partial charge in [0, 0.05) is 0 Å². The van der Waals surface area contributed by atoms with Crippen molar-refractivity contribution in [3.63, 3.8) is 0 Å². The summed E-state index contributed by atoms with van der Waals surface area (Å²) in [5.74, 6) is 0. The molecule has 0 nitrogen and oxygen atoms in total. The van der Waals surface area contributed by atoms with Crippen LogP contribution in [0.5, 0.6) is 0 Å². The van der Waals surface area contributed by atoms with Crippen LogP contribution in [0, 0.1) is 0 Å². The molecular weight excluding hydrogens is 623 g/mol. The molecule has 178 valence electrons. The molecule has 6 aromatic rings. The Labute approximate surface area is 228 Å². The molecule has 6 rings (SSSR count). The van der Waals surface area contributed by atoms with Gasteiger partial charge in [0.1, 0.15) is 0 Å². The van der Waals surface area contributed by atoms with Crippen LogP contribution in [-0.2, 0) is 6.42 Å². The van der Waals surface area contributed by atoms with E-state index >= 15 is 0 Å². The van der Waals surface area contributed by atoms with Gasteiger partial charge in [0.2, 0.25) is 0 Å². The van der Waals surface area contributed by atoms with Crippen LogP contribution in [0.3, 0.4) is 0 Å². The van der Waals surface area contributed by atoms with E-state index in [2.05, 4.69) is 73.0 Å². The van der Waals surface area contributed by atoms with E-state index in [0.29, 0.717) is 14.5 Å². The number of rotatable bonds is 10. The van der Waals surface area contributed by atoms with Crippen LogP contribution in [0.2, 0.25) is 0 Å². The Kier molecular flexibility index (Phi) is 7.53. The number of unbranched alkanes of at least 4 members (excludes halogenated alkanes) is 7. The summed E-state index contributed by atoms with van der Waals surface area (Å²) in [5, 5.41) is 10.8. The zero-order valence-corrected chi connectivity index (χ0v) is 25.3. The molecule has 3 heterocycles. The van der Waals surface area contributed by atoms with Crippen molar-refractivity contribution in [3.05, 3.63) is 69.6 Å². The molecule has 0 unspecified atom stereocenters. The molecule has 35 heavy (non-hydrogen) atoms.